The van der Waals surface area contributed by atoms with Gasteiger partial charge >= 0.3 is 0 Å². The van der Waals surface area contributed by atoms with E-state index in [-0.39, 0.29) is 5.82 Å². The summed E-state index contributed by atoms with van der Waals surface area (Å²) in [6, 6.07) is 14.0. The summed E-state index contributed by atoms with van der Waals surface area (Å²) < 4.78 is 15.0. The molecule has 3 aromatic rings. The van der Waals surface area contributed by atoms with Gasteiger partial charge in [0.15, 0.2) is 0 Å². The van der Waals surface area contributed by atoms with Crippen LogP contribution in [0.2, 0.25) is 0 Å². The highest BCUT2D eigenvalue weighted by molar-refractivity contribution is 5.87. The first-order chi connectivity index (χ1) is 9.15. The molecule has 0 bridgehead atoms. The van der Waals surface area contributed by atoms with Gasteiger partial charge in [0.05, 0.1) is 5.52 Å². The number of hydrogen-bond acceptors (Lipinski definition) is 1. The highest BCUT2D eigenvalue weighted by atomic mass is 19.1. The fourth-order valence-corrected chi connectivity index (χ4v) is 2.38. The minimum absolute atomic E-state index is 0.226. The number of aryl methyl sites for hydroxylation is 1. The van der Waals surface area contributed by atoms with Crippen molar-refractivity contribution in [2.75, 3.05) is 0 Å². The zero-order chi connectivity index (χ0) is 13.4. The van der Waals surface area contributed by atoms with Gasteiger partial charge in [0.25, 0.3) is 0 Å². The molecule has 0 aliphatic heterocycles. The number of rotatable bonds is 2. The van der Waals surface area contributed by atoms with E-state index < -0.39 is 0 Å². The van der Waals surface area contributed by atoms with Crippen LogP contribution in [-0.2, 0) is 6.54 Å². The smallest absolute Gasteiger partial charge is 0.124 e. The van der Waals surface area contributed by atoms with Crippen molar-refractivity contribution in [2.45, 2.75) is 13.5 Å². The van der Waals surface area contributed by atoms with Gasteiger partial charge in [0, 0.05) is 17.6 Å². The summed E-state index contributed by atoms with van der Waals surface area (Å²) in [4.78, 5) is 0. The molecular formula is C16H14FNO. The van der Waals surface area contributed by atoms with E-state index in [2.05, 4.69) is 4.57 Å². The molecule has 96 valence electrons. The Morgan fingerprint density at radius 2 is 1.84 bits per heavy atom. The largest absolute Gasteiger partial charge is 0.507 e. The normalized spacial score (nSPS) is 11.1. The average Bonchev–Trinajstić information content (AvgIpc) is 2.71. The van der Waals surface area contributed by atoms with Gasteiger partial charge in [0.2, 0.25) is 0 Å². The van der Waals surface area contributed by atoms with Gasteiger partial charge in [-0.05, 0) is 42.8 Å². The summed E-state index contributed by atoms with van der Waals surface area (Å²) in [5.41, 5.74) is 3.09. The van der Waals surface area contributed by atoms with Gasteiger partial charge in [-0.3, -0.25) is 0 Å². The standard InChI is InChI=1S/C16H14FNO/c1-11-9-14-15(3-2-4-16(14)19)18(11)10-12-5-7-13(17)8-6-12/h2-9,19H,10H2,1H3. The molecule has 0 fully saturated rings. The predicted molar refractivity (Wildman–Crippen MR) is 73.8 cm³/mol. The first kappa shape index (κ1) is 11.8. The molecule has 19 heavy (non-hydrogen) atoms. The van der Waals surface area contributed by atoms with E-state index >= 15 is 0 Å². The van der Waals surface area contributed by atoms with Crippen LogP contribution in [0, 0.1) is 12.7 Å². The fraction of sp³-hybridized carbons (Fsp3) is 0.125. The van der Waals surface area contributed by atoms with E-state index in [4.69, 9.17) is 0 Å². The molecule has 0 saturated heterocycles. The Labute approximate surface area is 110 Å². The van der Waals surface area contributed by atoms with Crippen LogP contribution in [-0.4, -0.2) is 9.67 Å². The third kappa shape index (κ3) is 2.08. The summed E-state index contributed by atoms with van der Waals surface area (Å²) in [6.07, 6.45) is 0. The molecule has 0 atom stereocenters. The molecule has 0 spiro atoms. The number of hydrogen-bond donors (Lipinski definition) is 1. The van der Waals surface area contributed by atoms with Crippen LogP contribution in [0.25, 0.3) is 10.9 Å². The molecule has 0 aliphatic rings. The Balaban J connectivity index is 2.07. The molecule has 0 unspecified atom stereocenters. The van der Waals surface area contributed by atoms with Crippen LogP contribution in [0.5, 0.6) is 5.75 Å². The zero-order valence-electron chi connectivity index (χ0n) is 10.6. The number of fused-ring (bicyclic) bond motifs is 1. The topological polar surface area (TPSA) is 25.2 Å². The highest BCUT2D eigenvalue weighted by Gasteiger charge is 2.08. The van der Waals surface area contributed by atoms with Crippen LogP contribution in [0.3, 0.4) is 0 Å². The second-order valence-electron chi connectivity index (χ2n) is 4.71. The molecule has 0 aliphatic carbocycles. The minimum atomic E-state index is -0.226. The molecule has 1 aromatic heterocycles. The monoisotopic (exact) mass is 255 g/mol. The van der Waals surface area contributed by atoms with E-state index in [0.29, 0.717) is 12.3 Å². The quantitative estimate of drug-likeness (QED) is 0.739. The average molecular weight is 255 g/mol. The van der Waals surface area contributed by atoms with Crippen molar-refractivity contribution in [2.24, 2.45) is 0 Å². The molecule has 3 heteroatoms. The van der Waals surface area contributed by atoms with Crippen molar-refractivity contribution in [3.63, 3.8) is 0 Å². The molecule has 0 amide bonds. The van der Waals surface area contributed by atoms with E-state index in [1.807, 2.05) is 25.1 Å². The summed E-state index contributed by atoms with van der Waals surface area (Å²) in [6.45, 7) is 2.67. The van der Waals surface area contributed by atoms with E-state index in [1.165, 1.54) is 12.1 Å². The van der Waals surface area contributed by atoms with Gasteiger partial charge in [0.1, 0.15) is 11.6 Å². The fourth-order valence-electron chi connectivity index (χ4n) is 2.38. The van der Waals surface area contributed by atoms with E-state index in [1.54, 1.807) is 18.2 Å². The Morgan fingerprint density at radius 1 is 1.11 bits per heavy atom. The van der Waals surface area contributed by atoms with Gasteiger partial charge in [-0.15, -0.1) is 0 Å². The second-order valence-corrected chi connectivity index (χ2v) is 4.71. The van der Waals surface area contributed by atoms with Gasteiger partial charge in [-0.1, -0.05) is 18.2 Å². The number of benzene rings is 2. The van der Waals surface area contributed by atoms with Crippen molar-refractivity contribution in [1.82, 2.24) is 4.57 Å². The molecule has 1 N–H and O–H groups in total. The summed E-state index contributed by atoms with van der Waals surface area (Å²) in [5, 5.41) is 10.7. The van der Waals surface area contributed by atoms with Crippen molar-refractivity contribution in [3.05, 3.63) is 65.6 Å². The van der Waals surface area contributed by atoms with Crippen molar-refractivity contribution in [1.29, 1.82) is 0 Å². The highest BCUT2D eigenvalue weighted by Crippen LogP contribution is 2.28. The molecule has 1 heterocycles. The number of halogens is 1. The van der Waals surface area contributed by atoms with E-state index in [9.17, 15) is 9.50 Å². The van der Waals surface area contributed by atoms with Crippen LogP contribution in [0.4, 0.5) is 4.39 Å². The summed E-state index contributed by atoms with van der Waals surface area (Å²) in [7, 11) is 0. The van der Waals surface area contributed by atoms with Crippen molar-refractivity contribution >= 4 is 10.9 Å². The lowest BCUT2D eigenvalue weighted by atomic mass is 10.2. The maximum atomic E-state index is 12.9. The van der Waals surface area contributed by atoms with Crippen LogP contribution >= 0.6 is 0 Å². The summed E-state index contributed by atoms with van der Waals surface area (Å²) in [5.74, 6) is 0.0638. The Hall–Kier alpha value is -2.29. The lowest BCUT2D eigenvalue weighted by Crippen LogP contribution is -2.01. The maximum absolute atomic E-state index is 12.9. The predicted octanol–water partition coefficient (Wildman–Crippen LogP) is 3.84. The lowest BCUT2D eigenvalue weighted by Gasteiger charge is -2.08. The molecule has 0 saturated carbocycles. The Morgan fingerprint density at radius 3 is 2.58 bits per heavy atom. The number of aromatic nitrogens is 1. The SMILES string of the molecule is Cc1cc2c(O)cccc2n1Cc1ccc(F)cc1. The molecule has 0 radical (unpaired) electrons. The molecule has 3 rings (SSSR count). The summed E-state index contributed by atoms with van der Waals surface area (Å²) >= 11 is 0. The van der Waals surface area contributed by atoms with Crippen LogP contribution in [0.1, 0.15) is 11.3 Å². The van der Waals surface area contributed by atoms with Gasteiger partial charge in [-0.2, -0.15) is 0 Å². The van der Waals surface area contributed by atoms with Crippen molar-refractivity contribution in [3.8, 4) is 5.75 Å². The Kier molecular flexibility index (Phi) is 2.75. The first-order valence-electron chi connectivity index (χ1n) is 6.17. The second kappa shape index (κ2) is 4.43. The van der Waals surface area contributed by atoms with Crippen LogP contribution < -0.4 is 0 Å². The zero-order valence-corrected chi connectivity index (χ0v) is 10.6. The third-order valence-corrected chi connectivity index (χ3v) is 3.38. The van der Waals surface area contributed by atoms with Gasteiger partial charge < -0.3 is 9.67 Å². The minimum Gasteiger partial charge on any atom is -0.507 e. The molecule has 2 nitrogen and oxygen atoms in total. The maximum Gasteiger partial charge on any atom is 0.124 e. The number of nitrogens with zero attached hydrogens (tertiary/aromatic N) is 1. The lowest BCUT2D eigenvalue weighted by molar-refractivity contribution is 0.481. The first-order valence-corrected chi connectivity index (χ1v) is 6.17. The molecular weight excluding hydrogens is 241 g/mol. The number of aromatic hydroxyl groups is 1. The molecule has 2 aromatic carbocycles. The third-order valence-electron chi connectivity index (χ3n) is 3.38. The van der Waals surface area contributed by atoms with Gasteiger partial charge in [-0.25, -0.2) is 4.39 Å². The Bertz CT molecular complexity index is 728. The van der Waals surface area contributed by atoms with Crippen LogP contribution in [0.15, 0.2) is 48.5 Å². The number of phenolic OH excluding ortho intramolecular Hbond substituents is 1. The number of phenols is 1. The van der Waals surface area contributed by atoms with Crippen molar-refractivity contribution < 1.29 is 9.50 Å². The van der Waals surface area contributed by atoms with E-state index in [0.717, 1.165) is 22.2 Å².